The van der Waals surface area contributed by atoms with E-state index in [0.717, 1.165) is 12.2 Å². The van der Waals surface area contributed by atoms with Gasteiger partial charge in [-0.25, -0.2) is 0 Å². The van der Waals surface area contributed by atoms with E-state index in [9.17, 15) is 0 Å². The van der Waals surface area contributed by atoms with Gasteiger partial charge in [0.25, 0.3) is 0 Å². The van der Waals surface area contributed by atoms with Gasteiger partial charge in [0.05, 0.1) is 7.11 Å². The molecule has 0 bridgehead atoms. The maximum atomic E-state index is 5.57. The van der Waals surface area contributed by atoms with Crippen LogP contribution in [0.15, 0.2) is 72.8 Å². The van der Waals surface area contributed by atoms with Crippen molar-refractivity contribution in [2.24, 2.45) is 7.05 Å². The van der Waals surface area contributed by atoms with E-state index >= 15 is 0 Å². The summed E-state index contributed by atoms with van der Waals surface area (Å²) >= 11 is 0. The predicted octanol–water partition coefficient (Wildman–Crippen LogP) is 6.67. The summed E-state index contributed by atoms with van der Waals surface area (Å²) in [5.41, 5.74) is 7.89. The van der Waals surface area contributed by atoms with E-state index in [0.29, 0.717) is 0 Å². The van der Waals surface area contributed by atoms with Gasteiger partial charge in [0, 0.05) is 34.8 Å². The van der Waals surface area contributed by atoms with Crippen molar-refractivity contribution in [3.63, 3.8) is 0 Å². The first-order valence-electron chi connectivity index (χ1n) is 9.79. The van der Waals surface area contributed by atoms with Gasteiger partial charge in [0.2, 0.25) is 0 Å². The molecule has 0 saturated heterocycles. The molecule has 0 atom stereocenters. The van der Waals surface area contributed by atoms with Gasteiger partial charge in [-0.3, -0.25) is 0 Å². The summed E-state index contributed by atoms with van der Waals surface area (Å²) in [7, 11) is 3.92. The zero-order chi connectivity index (χ0) is 19.3. The first-order chi connectivity index (χ1) is 13.7. The van der Waals surface area contributed by atoms with Crippen LogP contribution in [-0.4, -0.2) is 11.7 Å². The molecule has 0 radical (unpaired) electrons. The van der Waals surface area contributed by atoms with Gasteiger partial charge in [-0.2, -0.15) is 0 Å². The summed E-state index contributed by atoms with van der Waals surface area (Å²) in [5.74, 6) is 0.895. The molecule has 2 nitrogen and oxygen atoms in total. The Bertz CT molecular complexity index is 1280. The van der Waals surface area contributed by atoms with Crippen LogP contribution in [0.2, 0.25) is 0 Å². The lowest BCUT2D eigenvalue weighted by Gasteiger charge is -2.19. The first-order valence-corrected chi connectivity index (χ1v) is 9.79. The second-order valence-corrected chi connectivity index (χ2v) is 7.28. The molecule has 0 amide bonds. The minimum absolute atomic E-state index is 0.895. The molecule has 0 fully saturated rings. The van der Waals surface area contributed by atoms with E-state index in [4.69, 9.17) is 4.74 Å². The van der Waals surface area contributed by atoms with Crippen molar-refractivity contribution in [3.8, 4) is 28.0 Å². The Morgan fingerprint density at radius 1 is 0.750 bits per heavy atom. The van der Waals surface area contributed by atoms with Crippen LogP contribution in [-0.2, 0) is 13.5 Å². The second kappa shape index (κ2) is 6.42. The fourth-order valence-electron chi connectivity index (χ4n) is 4.65. The zero-order valence-electron chi connectivity index (χ0n) is 16.5. The third-order valence-electron chi connectivity index (χ3n) is 5.89. The molecular formula is C26H23NO. The van der Waals surface area contributed by atoms with Crippen LogP contribution in [0.1, 0.15) is 12.6 Å². The molecule has 0 N–H and O–H groups in total. The summed E-state index contributed by atoms with van der Waals surface area (Å²) < 4.78 is 7.93. The van der Waals surface area contributed by atoms with Crippen molar-refractivity contribution in [1.29, 1.82) is 0 Å². The number of rotatable bonds is 3. The van der Waals surface area contributed by atoms with Crippen molar-refractivity contribution in [3.05, 3.63) is 78.5 Å². The molecule has 28 heavy (non-hydrogen) atoms. The maximum absolute atomic E-state index is 5.57. The SMILES string of the molecule is CCc1c2c3ccc(OC)cc3c(-c3ccccc3)c-2c2ccccc2n1C. The Kier molecular flexibility index (Phi) is 3.87. The summed E-state index contributed by atoms with van der Waals surface area (Å²) in [6.45, 7) is 2.24. The minimum Gasteiger partial charge on any atom is -0.497 e. The highest BCUT2D eigenvalue weighted by Gasteiger charge is 2.25. The van der Waals surface area contributed by atoms with Crippen LogP contribution in [0, 0.1) is 0 Å². The maximum Gasteiger partial charge on any atom is 0.119 e. The van der Waals surface area contributed by atoms with E-state index < -0.39 is 0 Å². The molecule has 5 rings (SSSR count). The first kappa shape index (κ1) is 16.9. The van der Waals surface area contributed by atoms with Gasteiger partial charge in [-0.1, -0.05) is 55.5 Å². The molecule has 0 aromatic heterocycles. The Balaban J connectivity index is 2.09. The van der Waals surface area contributed by atoms with Crippen molar-refractivity contribution >= 4 is 21.7 Å². The normalized spacial score (nSPS) is 11.5. The third-order valence-corrected chi connectivity index (χ3v) is 5.89. The number of para-hydroxylation sites is 1. The highest BCUT2D eigenvalue weighted by Crippen LogP contribution is 2.50. The molecule has 0 spiro atoms. The lowest BCUT2D eigenvalue weighted by molar-refractivity contribution is 0.415. The fourth-order valence-corrected chi connectivity index (χ4v) is 4.65. The zero-order valence-corrected chi connectivity index (χ0v) is 16.5. The van der Waals surface area contributed by atoms with Gasteiger partial charge < -0.3 is 9.30 Å². The number of nitrogens with zero attached hydrogens (tertiary/aromatic N) is 1. The van der Waals surface area contributed by atoms with E-state index in [-0.39, 0.29) is 0 Å². The standard InChI is InChI=1S/C26H23NO/c1-4-22-25-19-15-14-18(28-3)16-21(19)24(17-10-6-5-7-11-17)26(25)20-12-8-9-13-23(20)27(22)2/h5-16H,4H2,1-3H3. The molecule has 2 aliphatic rings. The number of ether oxygens (including phenoxy) is 1. The number of pyridine rings is 1. The van der Waals surface area contributed by atoms with E-state index in [1.54, 1.807) is 7.11 Å². The third kappa shape index (κ3) is 2.27. The summed E-state index contributed by atoms with van der Waals surface area (Å²) in [4.78, 5) is 0. The largest absolute Gasteiger partial charge is 0.497 e. The highest BCUT2D eigenvalue weighted by molar-refractivity contribution is 6.21. The highest BCUT2D eigenvalue weighted by atomic mass is 16.5. The van der Waals surface area contributed by atoms with Crippen LogP contribution in [0.5, 0.6) is 5.75 Å². The second-order valence-electron chi connectivity index (χ2n) is 7.28. The lowest BCUT2D eigenvalue weighted by atomic mass is 9.93. The Labute approximate surface area is 165 Å². The van der Waals surface area contributed by atoms with Crippen LogP contribution >= 0.6 is 0 Å². The quantitative estimate of drug-likeness (QED) is 0.348. The van der Waals surface area contributed by atoms with E-state index in [1.807, 2.05) is 0 Å². The summed E-state index contributed by atoms with van der Waals surface area (Å²) in [6, 6.07) is 25.9. The Morgan fingerprint density at radius 2 is 1.50 bits per heavy atom. The van der Waals surface area contributed by atoms with E-state index in [1.165, 1.54) is 49.6 Å². The summed E-state index contributed by atoms with van der Waals surface area (Å²) in [6.07, 6.45) is 0.983. The minimum atomic E-state index is 0.895. The smallest absolute Gasteiger partial charge is 0.119 e. The number of hydrogen-bond donors (Lipinski definition) is 0. The lowest BCUT2D eigenvalue weighted by Crippen LogP contribution is -2.05. The molecule has 2 heteroatoms. The topological polar surface area (TPSA) is 14.2 Å². The van der Waals surface area contributed by atoms with Crippen LogP contribution in [0.4, 0.5) is 0 Å². The number of hydrogen-bond acceptors (Lipinski definition) is 1. The van der Waals surface area contributed by atoms with E-state index in [2.05, 4.69) is 91.3 Å². The predicted molar refractivity (Wildman–Crippen MR) is 118 cm³/mol. The number of aromatic nitrogens is 1. The molecule has 0 saturated carbocycles. The van der Waals surface area contributed by atoms with Crippen molar-refractivity contribution in [1.82, 2.24) is 4.57 Å². The van der Waals surface area contributed by atoms with Crippen molar-refractivity contribution < 1.29 is 4.74 Å². The van der Waals surface area contributed by atoms with Gasteiger partial charge >= 0.3 is 0 Å². The van der Waals surface area contributed by atoms with Crippen LogP contribution < -0.4 is 4.74 Å². The Morgan fingerprint density at radius 3 is 2.25 bits per heavy atom. The van der Waals surface area contributed by atoms with Crippen molar-refractivity contribution in [2.45, 2.75) is 13.3 Å². The number of methoxy groups -OCH3 is 1. The Hall–Kier alpha value is -3.26. The molecule has 138 valence electrons. The van der Waals surface area contributed by atoms with Gasteiger partial charge in [0.15, 0.2) is 0 Å². The van der Waals surface area contributed by atoms with Crippen LogP contribution in [0.25, 0.3) is 43.9 Å². The molecule has 1 heterocycles. The number of benzene rings is 3. The average Bonchev–Trinajstić information content (AvgIpc) is 3.09. The molecule has 0 unspecified atom stereocenters. The van der Waals surface area contributed by atoms with Gasteiger partial charge in [-0.05, 0) is 52.6 Å². The van der Waals surface area contributed by atoms with Crippen molar-refractivity contribution in [2.75, 3.05) is 7.11 Å². The van der Waals surface area contributed by atoms with Gasteiger partial charge in [-0.15, -0.1) is 0 Å². The number of fused-ring (bicyclic) bond motifs is 5. The number of aryl methyl sites for hydroxylation is 1. The molecule has 3 aromatic rings. The van der Waals surface area contributed by atoms with Gasteiger partial charge in [0.1, 0.15) is 5.75 Å². The monoisotopic (exact) mass is 365 g/mol. The molecule has 1 aliphatic heterocycles. The molecule has 1 aliphatic carbocycles. The fraction of sp³-hybridized carbons (Fsp3) is 0.154. The van der Waals surface area contributed by atoms with Crippen LogP contribution in [0.3, 0.4) is 0 Å². The molecule has 3 aromatic carbocycles. The molecular weight excluding hydrogens is 342 g/mol. The summed E-state index contributed by atoms with van der Waals surface area (Å²) in [5, 5.41) is 3.85. The average molecular weight is 365 g/mol.